The Morgan fingerprint density at radius 3 is 1.95 bits per heavy atom. The number of carbonyl (C=O) groups excluding carboxylic acids is 2. The number of rotatable bonds is 6. The Bertz CT molecular complexity index is 427. The van der Waals surface area contributed by atoms with E-state index in [1.165, 1.54) is 0 Å². The largest absolute Gasteiger partial charge is 0.468 e. The maximum absolute atomic E-state index is 12.4. The molecule has 1 rings (SSSR count). The molecule has 0 spiro atoms. The molecule has 0 radical (unpaired) electrons. The van der Waals surface area contributed by atoms with Crippen LogP contribution in [0.25, 0.3) is 0 Å². The summed E-state index contributed by atoms with van der Waals surface area (Å²) in [6, 6.07) is 0. The molecule has 0 atom stereocenters. The summed E-state index contributed by atoms with van der Waals surface area (Å²) in [5, 5.41) is 0. The highest BCUT2D eigenvalue weighted by Crippen LogP contribution is 2.11. The first kappa shape index (κ1) is 16.8. The van der Waals surface area contributed by atoms with Crippen LogP contribution in [0.15, 0.2) is 0 Å². The van der Waals surface area contributed by atoms with Gasteiger partial charge in [-0.1, -0.05) is 0 Å². The van der Waals surface area contributed by atoms with Crippen molar-refractivity contribution >= 4 is 22.1 Å². The van der Waals surface area contributed by atoms with Crippen molar-refractivity contribution in [1.82, 2.24) is 8.61 Å². The van der Waals surface area contributed by atoms with Crippen molar-refractivity contribution in [3.63, 3.8) is 0 Å². The number of methoxy groups -OCH3 is 2. The maximum Gasteiger partial charge on any atom is 0.321 e. The van der Waals surface area contributed by atoms with E-state index < -0.39 is 35.2 Å². The van der Waals surface area contributed by atoms with Gasteiger partial charge in [-0.05, 0) is 0 Å². The van der Waals surface area contributed by atoms with Gasteiger partial charge in [-0.25, -0.2) is 0 Å². The highest BCUT2D eigenvalue weighted by Gasteiger charge is 2.34. The van der Waals surface area contributed by atoms with Crippen LogP contribution in [0.5, 0.6) is 0 Å². The van der Waals surface area contributed by atoms with Gasteiger partial charge in [0.25, 0.3) is 10.2 Å². The Hall–Kier alpha value is -1.23. The predicted molar refractivity (Wildman–Crippen MR) is 66.9 cm³/mol. The lowest BCUT2D eigenvalue weighted by atomic mass is 10.5. The molecule has 1 heterocycles. The molecule has 1 saturated heterocycles. The average Bonchev–Trinajstić information content (AvgIpc) is 2.46. The normalized spacial score (nSPS) is 16.9. The number of ether oxygens (including phenoxy) is 3. The maximum atomic E-state index is 12.4. The number of nitrogens with zero attached hydrogens (tertiary/aromatic N) is 2. The summed E-state index contributed by atoms with van der Waals surface area (Å²) in [7, 11) is -1.67. The molecule has 0 aromatic carbocycles. The molecule has 0 aromatic rings. The van der Waals surface area contributed by atoms with E-state index in [-0.39, 0.29) is 26.3 Å². The van der Waals surface area contributed by atoms with Crippen LogP contribution >= 0.6 is 0 Å². The number of morpholine rings is 1. The fraction of sp³-hybridized carbons (Fsp3) is 0.800. The van der Waals surface area contributed by atoms with E-state index >= 15 is 0 Å². The van der Waals surface area contributed by atoms with Crippen LogP contribution in [-0.4, -0.2) is 82.6 Å². The smallest absolute Gasteiger partial charge is 0.321 e. The summed E-state index contributed by atoms with van der Waals surface area (Å²) in [5.41, 5.74) is 0. The van der Waals surface area contributed by atoms with Crippen LogP contribution in [-0.2, 0) is 34.0 Å². The van der Waals surface area contributed by atoms with Gasteiger partial charge in [0.2, 0.25) is 0 Å². The van der Waals surface area contributed by atoms with Crippen LogP contribution in [0.3, 0.4) is 0 Å². The molecule has 1 aliphatic heterocycles. The molecule has 10 heteroatoms. The Morgan fingerprint density at radius 2 is 1.55 bits per heavy atom. The molecule has 0 aromatic heterocycles. The van der Waals surface area contributed by atoms with Crippen molar-refractivity contribution < 1.29 is 32.2 Å². The van der Waals surface area contributed by atoms with Gasteiger partial charge in [-0.15, -0.1) is 0 Å². The second-order valence-corrected chi connectivity index (χ2v) is 5.87. The van der Waals surface area contributed by atoms with Gasteiger partial charge in [0.15, 0.2) is 0 Å². The standard InChI is InChI=1S/C10H18N2O7S/c1-17-9(13)7-12(8-10(14)18-2)20(15,16)11-3-5-19-6-4-11/h3-8H2,1-2H3. The summed E-state index contributed by atoms with van der Waals surface area (Å²) in [6.45, 7) is -0.230. The molecule has 0 unspecified atom stereocenters. The van der Waals surface area contributed by atoms with Crippen LogP contribution in [0.2, 0.25) is 0 Å². The van der Waals surface area contributed by atoms with Gasteiger partial charge in [0.05, 0.1) is 27.4 Å². The van der Waals surface area contributed by atoms with E-state index in [1.807, 2.05) is 0 Å². The van der Waals surface area contributed by atoms with E-state index in [0.29, 0.717) is 0 Å². The lowest BCUT2D eigenvalue weighted by Crippen LogP contribution is -2.51. The number of hydrogen-bond acceptors (Lipinski definition) is 7. The van der Waals surface area contributed by atoms with Crippen molar-refractivity contribution in [2.24, 2.45) is 0 Å². The van der Waals surface area contributed by atoms with Gasteiger partial charge in [-0.2, -0.15) is 17.0 Å². The van der Waals surface area contributed by atoms with Gasteiger partial charge in [-0.3, -0.25) is 9.59 Å². The van der Waals surface area contributed by atoms with Crippen LogP contribution in [0, 0.1) is 0 Å². The van der Waals surface area contributed by atoms with E-state index in [2.05, 4.69) is 9.47 Å². The summed E-state index contributed by atoms with van der Waals surface area (Å²) >= 11 is 0. The summed E-state index contributed by atoms with van der Waals surface area (Å²) in [5.74, 6) is -1.52. The number of hydrogen-bond donors (Lipinski definition) is 0. The molecule has 1 fully saturated rings. The van der Waals surface area contributed by atoms with Crippen LogP contribution < -0.4 is 0 Å². The lowest BCUT2D eigenvalue weighted by Gasteiger charge is -2.30. The average molecular weight is 310 g/mol. The molecule has 9 nitrogen and oxygen atoms in total. The molecule has 0 bridgehead atoms. The molecular formula is C10H18N2O7S. The summed E-state index contributed by atoms with van der Waals surface area (Å²) < 4.78 is 40.6. The Labute approximate surface area is 117 Å². The predicted octanol–water partition coefficient (Wildman–Crippen LogP) is -1.79. The lowest BCUT2D eigenvalue weighted by molar-refractivity contribution is -0.143. The zero-order valence-corrected chi connectivity index (χ0v) is 12.2. The summed E-state index contributed by atoms with van der Waals surface area (Å²) in [6.07, 6.45) is 0. The second kappa shape index (κ2) is 7.53. The van der Waals surface area contributed by atoms with Crippen LogP contribution in [0.4, 0.5) is 0 Å². The van der Waals surface area contributed by atoms with Crippen molar-refractivity contribution in [1.29, 1.82) is 0 Å². The van der Waals surface area contributed by atoms with Gasteiger partial charge >= 0.3 is 11.9 Å². The molecule has 1 aliphatic rings. The van der Waals surface area contributed by atoms with E-state index in [4.69, 9.17) is 4.74 Å². The topological polar surface area (TPSA) is 102 Å². The zero-order valence-electron chi connectivity index (χ0n) is 11.4. The van der Waals surface area contributed by atoms with Crippen molar-refractivity contribution in [2.45, 2.75) is 0 Å². The minimum Gasteiger partial charge on any atom is -0.468 e. The first-order chi connectivity index (χ1) is 9.41. The second-order valence-electron chi connectivity index (χ2n) is 3.94. The third kappa shape index (κ3) is 4.40. The first-order valence-corrected chi connectivity index (χ1v) is 7.28. The molecular weight excluding hydrogens is 292 g/mol. The van der Waals surface area contributed by atoms with Crippen molar-refractivity contribution in [3.8, 4) is 0 Å². The fourth-order valence-electron chi connectivity index (χ4n) is 1.58. The van der Waals surface area contributed by atoms with E-state index in [0.717, 1.165) is 22.8 Å². The van der Waals surface area contributed by atoms with Crippen molar-refractivity contribution in [3.05, 3.63) is 0 Å². The quantitative estimate of drug-likeness (QED) is 0.534. The monoisotopic (exact) mass is 310 g/mol. The Morgan fingerprint density at radius 1 is 1.10 bits per heavy atom. The van der Waals surface area contributed by atoms with E-state index in [1.54, 1.807) is 0 Å². The molecule has 20 heavy (non-hydrogen) atoms. The highest BCUT2D eigenvalue weighted by atomic mass is 32.2. The fourth-order valence-corrected chi connectivity index (χ4v) is 3.05. The van der Waals surface area contributed by atoms with Crippen LogP contribution in [0.1, 0.15) is 0 Å². The third-order valence-corrected chi connectivity index (χ3v) is 4.62. The van der Waals surface area contributed by atoms with Gasteiger partial charge in [0.1, 0.15) is 13.1 Å². The van der Waals surface area contributed by atoms with E-state index in [9.17, 15) is 18.0 Å². The zero-order chi connectivity index (χ0) is 15.2. The highest BCUT2D eigenvalue weighted by molar-refractivity contribution is 7.86. The van der Waals surface area contributed by atoms with Gasteiger partial charge < -0.3 is 14.2 Å². The summed E-state index contributed by atoms with van der Waals surface area (Å²) in [4.78, 5) is 22.6. The first-order valence-electron chi connectivity index (χ1n) is 5.88. The number of esters is 2. The molecule has 0 amide bonds. The molecule has 0 saturated carbocycles. The van der Waals surface area contributed by atoms with Gasteiger partial charge in [0, 0.05) is 13.1 Å². The van der Waals surface area contributed by atoms with Crippen molar-refractivity contribution in [2.75, 3.05) is 53.6 Å². The Kier molecular flexibility index (Phi) is 6.33. The minimum atomic E-state index is -3.95. The molecule has 0 aliphatic carbocycles. The third-order valence-electron chi connectivity index (χ3n) is 2.69. The SMILES string of the molecule is COC(=O)CN(CC(=O)OC)S(=O)(=O)N1CCOCC1. The minimum absolute atomic E-state index is 0.168. The molecule has 116 valence electrons. The Balaban J connectivity index is 2.88. The number of carbonyl (C=O) groups is 2. The molecule has 0 N–H and O–H groups in total.